The zero-order valence-corrected chi connectivity index (χ0v) is 10.7. The molecule has 1 heterocycles. The quantitative estimate of drug-likeness (QED) is 0.650. The molecule has 1 fully saturated rings. The number of nitrogens with zero attached hydrogens (tertiary/aromatic N) is 3. The molecule has 0 atom stereocenters. The van der Waals surface area contributed by atoms with E-state index >= 15 is 0 Å². The number of likely N-dealkylation sites (N-methyl/N-ethyl adjacent to an activating group) is 1. The maximum absolute atomic E-state index is 10.9. The minimum Gasteiger partial charge on any atom is -0.319 e. The minimum absolute atomic E-state index is 0.161. The number of nitro benzene ring substituents is 1. The predicted molar refractivity (Wildman–Crippen MR) is 70.5 cm³/mol. The lowest BCUT2D eigenvalue weighted by atomic mass is 10.2. The van der Waals surface area contributed by atoms with Crippen LogP contribution in [-0.2, 0) is 0 Å². The molecular formula is C12H18N4O2. The summed E-state index contributed by atoms with van der Waals surface area (Å²) in [6, 6.07) is 5.24. The molecule has 18 heavy (non-hydrogen) atoms. The molecule has 0 aliphatic carbocycles. The molecule has 1 aliphatic heterocycles. The first kappa shape index (κ1) is 12.8. The van der Waals surface area contributed by atoms with Gasteiger partial charge in [0, 0.05) is 37.8 Å². The van der Waals surface area contributed by atoms with E-state index in [0.29, 0.717) is 5.56 Å². The average Bonchev–Trinajstić information content (AvgIpc) is 2.34. The molecule has 1 aliphatic rings. The summed E-state index contributed by atoms with van der Waals surface area (Å²) in [6.07, 6.45) is 0. The van der Waals surface area contributed by atoms with Gasteiger partial charge in [0.05, 0.1) is 10.6 Å². The van der Waals surface area contributed by atoms with Crippen LogP contribution >= 0.6 is 0 Å². The van der Waals surface area contributed by atoms with Crippen molar-refractivity contribution in [2.45, 2.75) is 6.92 Å². The van der Waals surface area contributed by atoms with Crippen LogP contribution in [0.2, 0.25) is 0 Å². The molecule has 0 bridgehead atoms. The molecule has 0 saturated carbocycles. The van der Waals surface area contributed by atoms with Crippen molar-refractivity contribution in [3.63, 3.8) is 0 Å². The van der Waals surface area contributed by atoms with Gasteiger partial charge in [-0.1, -0.05) is 6.07 Å². The van der Waals surface area contributed by atoms with Crippen LogP contribution in [-0.4, -0.2) is 48.1 Å². The van der Waals surface area contributed by atoms with E-state index in [1.165, 1.54) is 0 Å². The van der Waals surface area contributed by atoms with Crippen molar-refractivity contribution in [1.82, 2.24) is 9.91 Å². The Bertz CT molecular complexity index is 442. The molecule has 98 valence electrons. The standard InChI is InChI=1S/C12H18N4O2/c1-10-3-4-11(9-12(10)16(17)18)13-15-7-5-14(2)6-8-15/h3-4,9,13H,5-8H2,1-2H3. The minimum atomic E-state index is -0.343. The molecule has 6 nitrogen and oxygen atoms in total. The number of aryl methyl sites for hydroxylation is 1. The molecule has 6 heteroatoms. The van der Waals surface area contributed by atoms with Crippen molar-refractivity contribution in [1.29, 1.82) is 0 Å². The van der Waals surface area contributed by atoms with Crippen molar-refractivity contribution in [3.05, 3.63) is 33.9 Å². The van der Waals surface area contributed by atoms with E-state index in [1.54, 1.807) is 19.1 Å². The van der Waals surface area contributed by atoms with Gasteiger partial charge >= 0.3 is 0 Å². The van der Waals surface area contributed by atoms with Crippen LogP contribution in [0, 0.1) is 17.0 Å². The van der Waals surface area contributed by atoms with Crippen LogP contribution in [0.15, 0.2) is 18.2 Å². The second-order valence-corrected chi connectivity index (χ2v) is 4.66. The van der Waals surface area contributed by atoms with Crippen LogP contribution in [0.25, 0.3) is 0 Å². The van der Waals surface area contributed by atoms with Gasteiger partial charge in [0.2, 0.25) is 0 Å². The van der Waals surface area contributed by atoms with E-state index in [-0.39, 0.29) is 10.6 Å². The van der Waals surface area contributed by atoms with Gasteiger partial charge in [0.25, 0.3) is 5.69 Å². The van der Waals surface area contributed by atoms with E-state index in [2.05, 4.69) is 22.4 Å². The first-order valence-corrected chi connectivity index (χ1v) is 6.01. The maximum atomic E-state index is 10.9. The highest BCUT2D eigenvalue weighted by Gasteiger charge is 2.15. The van der Waals surface area contributed by atoms with Crippen LogP contribution < -0.4 is 5.43 Å². The fourth-order valence-electron chi connectivity index (χ4n) is 1.98. The summed E-state index contributed by atoms with van der Waals surface area (Å²) in [6.45, 7) is 5.58. The van der Waals surface area contributed by atoms with Crippen molar-refractivity contribution in [2.75, 3.05) is 38.7 Å². The monoisotopic (exact) mass is 250 g/mol. The van der Waals surface area contributed by atoms with E-state index in [9.17, 15) is 10.1 Å². The Labute approximate surface area is 106 Å². The fraction of sp³-hybridized carbons (Fsp3) is 0.500. The van der Waals surface area contributed by atoms with Gasteiger partial charge < -0.3 is 10.3 Å². The third kappa shape index (κ3) is 2.96. The summed E-state index contributed by atoms with van der Waals surface area (Å²) in [4.78, 5) is 12.8. The lowest BCUT2D eigenvalue weighted by molar-refractivity contribution is -0.385. The molecule has 1 N–H and O–H groups in total. The largest absolute Gasteiger partial charge is 0.319 e. The van der Waals surface area contributed by atoms with E-state index in [1.807, 2.05) is 6.07 Å². The zero-order valence-electron chi connectivity index (χ0n) is 10.7. The molecule has 1 saturated heterocycles. The van der Waals surface area contributed by atoms with Gasteiger partial charge in [-0.3, -0.25) is 10.1 Å². The van der Waals surface area contributed by atoms with Crippen LogP contribution in [0.3, 0.4) is 0 Å². The number of hydrogen-bond acceptors (Lipinski definition) is 5. The first-order chi connectivity index (χ1) is 8.56. The Balaban J connectivity index is 2.05. The number of rotatable bonds is 3. The molecule has 0 spiro atoms. The Morgan fingerprint density at radius 3 is 2.56 bits per heavy atom. The second-order valence-electron chi connectivity index (χ2n) is 4.66. The normalized spacial score (nSPS) is 17.7. The summed E-state index contributed by atoms with van der Waals surface area (Å²) in [5.41, 5.74) is 4.85. The van der Waals surface area contributed by atoms with Crippen molar-refractivity contribution in [2.24, 2.45) is 0 Å². The molecule has 0 aromatic heterocycles. The number of anilines is 1. The van der Waals surface area contributed by atoms with Crippen LogP contribution in [0.1, 0.15) is 5.56 Å². The summed E-state index contributed by atoms with van der Waals surface area (Å²) < 4.78 is 0. The predicted octanol–water partition coefficient (Wildman–Crippen LogP) is 1.48. The van der Waals surface area contributed by atoms with Crippen LogP contribution in [0.4, 0.5) is 11.4 Å². The second kappa shape index (κ2) is 5.32. The Morgan fingerprint density at radius 1 is 1.28 bits per heavy atom. The fourth-order valence-corrected chi connectivity index (χ4v) is 1.98. The first-order valence-electron chi connectivity index (χ1n) is 6.01. The van der Waals surface area contributed by atoms with Crippen molar-refractivity contribution in [3.8, 4) is 0 Å². The Hall–Kier alpha value is -1.66. The highest BCUT2D eigenvalue weighted by atomic mass is 16.6. The van der Waals surface area contributed by atoms with Gasteiger partial charge in [0.15, 0.2) is 0 Å². The molecule has 0 amide bonds. The third-order valence-corrected chi connectivity index (χ3v) is 3.20. The van der Waals surface area contributed by atoms with E-state index < -0.39 is 0 Å². The average molecular weight is 250 g/mol. The summed E-state index contributed by atoms with van der Waals surface area (Å²) in [5, 5.41) is 13.0. The van der Waals surface area contributed by atoms with Gasteiger partial charge in [-0.05, 0) is 20.0 Å². The SMILES string of the molecule is Cc1ccc(NN2CCN(C)CC2)cc1[N+](=O)[O-]. The Morgan fingerprint density at radius 2 is 1.94 bits per heavy atom. The van der Waals surface area contributed by atoms with Gasteiger partial charge in [-0.15, -0.1) is 0 Å². The van der Waals surface area contributed by atoms with E-state index in [4.69, 9.17) is 0 Å². The number of hydrogen-bond donors (Lipinski definition) is 1. The molecule has 2 rings (SSSR count). The summed E-state index contributed by atoms with van der Waals surface area (Å²) in [5.74, 6) is 0. The van der Waals surface area contributed by atoms with Crippen LogP contribution in [0.5, 0.6) is 0 Å². The number of nitro groups is 1. The van der Waals surface area contributed by atoms with Gasteiger partial charge in [-0.2, -0.15) is 0 Å². The topological polar surface area (TPSA) is 61.6 Å². The molecule has 0 radical (unpaired) electrons. The number of benzene rings is 1. The number of hydrazine groups is 1. The highest BCUT2D eigenvalue weighted by molar-refractivity contribution is 5.54. The van der Waals surface area contributed by atoms with Crippen molar-refractivity contribution >= 4 is 11.4 Å². The highest BCUT2D eigenvalue weighted by Crippen LogP contribution is 2.22. The zero-order chi connectivity index (χ0) is 13.1. The van der Waals surface area contributed by atoms with Gasteiger partial charge in [-0.25, -0.2) is 5.01 Å². The molecule has 1 aromatic carbocycles. The number of piperazine rings is 1. The van der Waals surface area contributed by atoms with Crippen molar-refractivity contribution < 1.29 is 4.92 Å². The summed E-state index contributed by atoms with van der Waals surface area (Å²) >= 11 is 0. The molecular weight excluding hydrogens is 232 g/mol. The lowest BCUT2D eigenvalue weighted by Gasteiger charge is -2.33. The van der Waals surface area contributed by atoms with E-state index in [0.717, 1.165) is 31.9 Å². The molecule has 1 aromatic rings. The molecule has 0 unspecified atom stereocenters. The van der Waals surface area contributed by atoms with Gasteiger partial charge in [0.1, 0.15) is 0 Å². The summed E-state index contributed by atoms with van der Waals surface area (Å²) in [7, 11) is 2.09. The third-order valence-electron chi connectivity index (χ3n) is 3.20. The Kier molecular flexibility index (Phi) is 3.78. The smallest absolute Gasteiger partial charge is 0.274 e. The maximum Gasteiger partial charge on any atom is 0.274 e. The lowest BCUT2D eigenvalue weighted by Crippen LogP contribution is -2.46. The number of nitrogens with one attached hydrogen (secondary N) is 1.